The second kappa shape index (κ2) is 7.90. The summed E-state index contributed by atoms with van der Waals surface area (Å²) in [5.41, 5.74) is 4.43. The molecule has 0 saturated heterocycles. The average molecular weight is 402 g/mol. The van der Waals surface area contributed by atoms with Gasteiger partial charge in [-0.3, -0.25) is 9.59 Å². The van der Waals surface area contributed by atoms with Gasteiger partial charge in [-0.15, -0.1) is 10.2 Å². The molecule has 0 radical (unpaired) electrons. The summed E-state index contributed by atoms with van der Waals surface area (Å²) in [7, 11) is 1.86. The van der Waals surface area contributed by atoms with Crippen molar-refractivity contribution < 1.29 is 9.59 Å². The minimum atomic E-state index is -0.326. The van der Waals surface area contributed by atoms with Gasteiger partial charge in [0.15, 0.2) is 5.82 Å². The number of carbonyl (C=O) groups is 2. The highest BCUT2D eigenvalue weighted by Gasteiger charge is 2.26. The molecule has 8 heteroatoms. The third kappa shape index (κ3) is 3.84. The topological polar surface area (TPSA) is 92.5 Å². The van der Waals surface area contributed by atoms with Crippen LogP contribution in [0.25, 0.3) is 11.4 Å². The molecule has 8 nitrogen and oxygen atoms in total. The van der Waals surface area contributed by atoms with Crippen molar-refractivity contribution >= 4 is 28.9 Å². The number of anilines is 2. The Morgan fingerprint density at radius 2 is 1.93 bits per heavy atom. The van der Waals surface area contributed by atoms with E-state index in [1.165, 1.54) is 5.01 Å². The van der Waals surface area contributed by atoms with E-state index < -0.39 is 0 Å². The molecule has 152 valence electrons. The van der Waals surface area contributed by atoms with E-state index in [0.717, 1.165) is 16.7 Å². The van der Waals surface area contributed by atoms with Gasteiger partial charge in [-0.25, -0.2) is 5.01 Å². The number of carbonyl (C=O) groups excluding carboxylic acids is 2. The van der Waals surface area contributed by atoms with Crippen LogP contribution in [0, 0.1) is 13.8 Å². The smallest absolute Gasteiger partial charge is 0.271 e. The average Bonchev–Trinajstić information content (AvgIpc) is 3.16. The molecule has 1 aliphatic heterocycles. The van der Waals surface area contributed by atoms with Gasteiger partial charge in [0, 0.05) is 31.1 Å². The van der Waals surface area contributed by atoms with Crippen LogP contribution >= 0.6 is 0 Å². The molecule has 0 spiro atoms. The van der Waals surface area contributed by atoms with Crippen LogP contribution in [0.2, 0.25) is 0 Å². The lowest BCUT2D eigenvalue weighted by Crippen LogP contribution is -2.36. The molecule has 3 aromatic rings. The van der Waals surface area contributed by atoms with Crippen molar-refractivity contribution in [3.63, 3.8) is 0 Å². The quantitative estimate of drug-likeness (QED) is 0.725. The van der Waals surface area contributed by atoms with Gasteiger partial charge in [0.2, 0.25) is 5.91 Å². The second-order valence-corrected chi connectivity index (χ2v) is 7.34. The Balaban J connectivity index is 1.58. The van der Waals surface area contributed by atoms with Crippen LogP contribution in [0.1, 0.15) is 24.0 Å². The third-order valence-corrected chi connectivity index (χ3v) is 4.98. The van der Waals surface area contributed by atoms with Crippen molar-refractivity contribution in [2.45, 2.75) is 26.7 Å². The Kier molecular flexibility index (Phi) is 5.14. The molecule has 0 aliphatic carbocycles. The first kappa shape index (κ1) is 19.5. The molecule has 4 rings (SSSR count). The lowest BCUT2D eigenvalue weighted by molar-refractivity contribution is -0.118. The molecule has 1 aromatic heterocycles. The molecule has 0 atom stereocenters. The van der Waals surface area contributed by atoms with E-state index in [0.29, 0.717) is 29.3 Å². The maximum absolute atomic E-state index is 12.9. The molecule has 30 heavy (non-hydrogen) atoms. The predicted octanol–water partition coefficient (Wildman–Crippen LogP) is 3.22. The molecule has 1 N–H and O–H groups in total. The van der Waals surface area contributed by atoms with Crippen LogP contribution in [0.3, 0.4) is 0 Å². The fourth-order valence-electron chi connectivity index (χ4n) is 3.34. The highest BCUT2D eigenvalue weighted by Crippen LogP contribution is 2.26. The Bertz CT molecular complexity index is 1160. The number of hydrogen-bond acceptors (Lipinski definition) is 5. The van der Waals surface area contributed by atoms with E-state index in [-0.39, 0.29) is 18.2 Å². The van der Waals surface area contributed by atoms with E-state index in [9.17, 15) is 9.59 Å². The van der Waals surface area contributed by atoms with Gasteiger partial charge in [-0.2, -0.15) is 5.10 Å². The Labute approximate surface area is 174 Å². The number of hydrazone groups is 1. The molecular weight excluding hydrogens is 380 g/mol. The summed E-state index contributed by atoms with van der Waals surface area (Å²) in [4.78, 5) is 25.3. The van der Waals surface area contributed by atoms with E-state index in [4.69, 9.17) is 0 Å². The monoisotopic (exact) mass is 402 g/mol. The fraction of sp³-hybridized carbons (Fsp3) is 0.227. The molecule has 2 heterocycles. The summed E-state index contributed by atoms with van der Waals surface area (Å²) in [5.74, 6) is 0.255. The fourth-order valence-corrected chi connectivity index (χ4v) is 3.34. The molecule has 0 fully saturated rings. The predicted molar refractivity (Wildman–Crippen MR) is 115 cm³/mol. The first-order chi connectivity index (χ1) is 14.4. The van der Waals surface area contributed by atoms with Crippen molar-refractivity contribution in [2.75, 3.05) is 10.3 Å². The Morgan fingerprint density at radius 3 is 2.70 bits per heavy atom. The van der Waals surface area contributed by atoms with Crippen molar-refractivity contribution in [2.24, 2.45) is 12.1 Å². The summed E-state index contributed by atoms with van der Waals surface area (Å²) in [6, 6.07) is 13.2. The van der Waals surface area contributed by atoms with Gasteiger partial charge in [-0.05, 0) is 43.2 Å². The minimum absolute atomic E-state index is 0.121. The zero-order valence-electron chi connectivity index (χ0n) is 17.1. The molecule has 0 unspecified atom stereocenters. The van der Waals surface area contributed by atoms with Crippen LogP contribution in [-0.2, 0) is 16.6 Å². The number of aryl methyl sites for hydroxylation is 3. The highest BCUT2D eigenvalue weighted by atomic mass is 16.2. The first-order valence-corrected chi connectivity index (χ1v) is 9.66. The SMILES string of the molecule is Cc1ccc(C)c(N2N=C(C(=O)Nc3cccc(-c4nncn4C)c3)CCC2=O)c1. The largest absolute Gasteiger partial charge is 0.321 e. The number of benzene rings is 2. The van der Waals surface area contributed by atoms with Crippen molar-refractivity contribution in [3.05, 3.63) is 59.9 Å². The second-order valence-electron chi connectivity index (χ2n) is 7.34. The number of aromatic nitrogens is 3. The minimum Gasteiger partial charge on any atom is -0.321 e. The van der Waals surface area contributed by atoms with Gasteiger partial charge in [0.1, 0.15) is 12.0 Å². The van der Waals surface area contributed by atoms with Crippen LogP contribution in [0.4, 0.5) is 11.4 Å². The molecule has 1 aliphatic rings. The standard InChI is InChI=1S/C22H22N6O2/c1-14-7-8-15(2)19(11-14)28-20(29)10-9-18(26-28)22(30)24-17-6-4-5-16(12-17)21-25-23-13-27(21)3/h4-8,11-13H,9-10H2,1-3H3,(H,24,30). The number of nitrogens with one attached hydrogen (secondary N) is 1. The summed E-state index contributed by atoms with van der Waals surface area (Å²) >= 11 is 0. The van der Waals surface area contributed by atoms with E-state index in [1.54, 1.807) is 17.0 Å². The Hall–Kier alpha value is -3.81. The van der Waals surface area contributed by atoms with E-state index in [2.05, 4.69) is 20.6 Å². The third-order valence-electron chi connectivity index (χ3n) is 4.98. The summed E-state index contributed by atoms with van der Waals surface area (Å²) in [5, 5.41) is 16.6. The number of rotatable bonds is 4. The summed E-state index contributed by atoms with van der Waals surface area (Å²) in [6.45, 7) is 3.88. The van der Waals surface area contributed by atoms with Crippen LogP contribution in [0.15, 0.2) is 53.9 Å². The van der Waals surface area contributed by atoms with E-state index >= 15 is 0 Å². The van der Waals surface area contributed by atoms with Crippen LogP contribution < -0.4 is 10.3 Å². The van der Waals surface area contributed by atoms with Crippen molar-refractivity contribution in [1.82, 2.24) is 14.8 Å². The van der Waals surface area contributed by atoms with Gasteiger partial charge in [0.05, 0.1) is 5.69 Å². The lowest BCUT2D eigenvalue weighted by atomic mass is 10.1. The molecule has 0 bridgehead atoms. The molecule has 0 saturated carbocycles. The summed E-state index contributed by atoms with van der Waals surface area (Å²) in [6.07, 6.45) is 2.16. The number of hydrogen-bond donors (Lipinski definition) is 1. The number of amides is 2. The first-order valence-electron chi connectivity index (χ1n) is 9.66. The summed E-state index contributed by atoms with van der Waals surface area (Å²) < 4.78 is 1.81. The zero-order valence-corrected chi connectivity index (χ0v) is 17.1. The maximum Gasteiger partial charge on any atom is 0.271 e. The molecule has 2 amide bonds. The normalized spacial score (nSPS) is 13.9. The Morgan fingerprint density at radius 1 is 1.10 bits per heavy atom. The van der Waals surface area contributed by atoms with Crippen LogP contribution in [-0.4, -0.2) is 32.3 Å². The van der Waals surface area contributed by atoms with Gasteiger partial charge in [-0.1, -0.05) is 24.3 Å². The number of nitrogens with zero attached hydrogens (tertiary/aromatic N) is 5. The molecular formula is C22H22N6O2. The highest BCUT2D eigenvalue weighted by molar-refractivity contribution is 6.44. The lowest BCUT2D eigenvalue weighted by Gasteiger charge is -2.24. The van der Waals surface area contributed by atoms with Gasteiger partial charge >= 0.3 is 0 Å². The molecule has 2 aromatic carbocycles. The van der Waals surface area contributed by atoms with Gasteiger partial charge < -0.3 is 9.88 Å². The van der Waals surface area contributed by atoms with Crippen molar-refractivity contribution in [1.29, 1.82) is 0 Å². The maximum atomic E-state index is 12.9. The zero-order chi connectivity index (χ0) is 21.3. The van der Waals surface area contributed by atoms with E-state index in [1.807, 2.05) is 57.3 Å². The van der Waals surface area contributed by atoms with Gasteiger partial charge in [0.25, 0.3) is 5.91 Å². The van der Waals surface area contributed by atoms with Crippen LogP contribution in [0.5, 0.6) is 0 Å². The van der Waals surface area contributed by atoms with Crippen molar-refractivity contribution in [3.8, 4) is 11.4 Å².